The van der Waals surface area contributed by atoms with Gasteiger partial charge in [0.2, 0.25) is 0 Å². The molecular formula is C21H19F4N7O. The molecule has 2 atom stereocenters. The van der Waals surface area contributed by atoms with E-state index in [4.69, 9.17) is 5.73 Å². The molecular weight excluding hydrogens is 442 g/mol. The number of halogens is 4. The van der Waals surface area contributed by atoms with Crippen molar-refractivity contribution in [1.82, 2.24) is 30.0 Å². The lowest BCUT2D eigenvalue weighted by Gasteiger charge is -2.34. The second-order valence-electron chi connectivity index (χ2n) is 8.16. The van der Waals surface area contributed by atoms with Crippen LogP contribution >= 0.6 is 0 Å². The molecule has 2 aliphatic heterocycles. The zero-order valence-electron chi connectivity index (χ0n) is 17.2. The summed E-state index contributed by atoms with van der Waals surface area (Å²) >= 11 is 0. The van der Waals surface area contributed by atoms with Gasteiger partial charge in [0.05, 0.1) is 29.1 Å². The minimum Gasteiger partial charge on any atom is -0.384 e. The number of nitrogens with zero attached hydrogens (tertiary/aromatic N) is 5. The first kappa shape index (κ1) is 21.3. The number of aromatic nitrogens is 4. The molecule has 2 aromatic heterocycles. The number of hydrogen-bond donors (Lipinski definition) is 2. The standard InChI is InChI=1S/C21H19F4N7O/c22-19-13(2-1-3-14(19)21(23,24)25)20(33)32-9-11-6-12(32)8-31(11)10-18-28-16(7-17(26)29-18)15-4-5-27-30-15/h1-5,7,11-12H,6,8-10H2,(H,27,30)(H2,26,28,29)/t11-,12+/m1/s1. The number of nitrogen functional groups attached to an aromatic ring is 1. The Morgan fingerprint density at radius 3 is 2.67 bits per heavy atom. The van der Waals surface area contributed by atoms with E-state index in [0.717, 1.165) is 12.1 Å². The van der Waals surface area contributed by atoms with E-state index in [2.05, 4.69) is 25.1 Å². The fraction of sp³-hybridized carbons (Fsp3) is 0.333. The highest BCUT2D eigenvalue weighted by molar-refractivity contribution is 5.95. The molecule has 4 heterocycles. The fourth-order valence-electron chi connectivity index (χ4n) is 4.57. The number of fused-ring (bicyclic) bond motifs is 2. The van der Waals surface area contributed by atoms with Crippen LogP contribution in [0.3, 0.4) is 0 Å². The third kappa shape index (κ3) is 3.90. The number of benzene rings is 1. The van der Waals surface area contributed by atoms with Crippen molar-refractivity contribution in [1.29, 1.82) is 0 Å². The Hall–Kier alpha value is -3.54. The number of alkyl halides is 3. The van der Waals surface area contributed by atoms with Gasteiger partial charge in [-0.2, -0.15) is 18.3 Å². The number of carbonyl (C=O) groups is 1. The van der Waals surface area contributed by atoms with Gasteiger partial charge in [-0.3, -0.25) is 14.8 Å². The van der Waals surface area contributed by atoms with Crippen LogP contribution in [-0.2, 0) is 12.7 Å². The molecule has 8 nitrogen and oxygen atoms in total. The molecule has 2 bridgehead atoms. The highest BCUT2D eigenvalue weighted by Crippen LogP contribution is 2.36. The number of rotatable bonds is 4. The fourth-order valence-corrected chi connectivity index (χ4v) is 4.57. The monoisotopic (exact) mass is 461 g/mol. The molecule has 3 N–H and O–H groups in total. The van der Waals surface area contributed by atoms with Gasteiger partial charge in [0.15, 0.2) is 0 Å². The molecule has 12 heteroatoms. The normalized spacial score (nSPS) is 20.5. The van der Waals surface area contributed by atoms with Crippen LogP contribution in [0.25, 0.3) is 11.4 Å². The Morgan fingerprint density at radius 2 is 2.00 bits per heavy atom. The molecule has 2 saturated heterocycles. The van der Waals surface area contributed by atoms with E-state index in [1.807, 2.05) is 0 Å². The summed E-state index contributed by atoms with van der Waals surface area (Å²) in [6, 6.07) is 5.91. The average Bonchev–Trinajstić information content (AvgIpc) is 3.49. The van der Waals surface area contributed by atoms with Gasteiger partial charge in [0.25, 0.3) is 5.91 Å². The number of hydrogen-bond acceptors (Lipinski definition) is 6. The maximum Gasteiger partial charge on any atom is 0.419 e. The topological polar surface area (TPSA) is 104 Å². The first-order valence-corrected chi connectivity index (χ1v) is 10.2. The maximum absolute atomic E-state index is 14.5. The lowest BCUT2D eigenvalue weighted by atomic mass is 10.1. The first-order valence-electron chi connectivity index (χ1n) is 10.2. The van der Waals surface area contributed by atoms with Gasteiger partial charge in [0.1, 0.15) is 17.5 Å². The van der Waals surface area contributed by atoms with Crippen molar-refractivity contribution < 1.29 is 22.4 Å². The van der Waals surface area contributed by atoms with E-state index >= 15 is 0 Å². The van der Waals surface area contributed by atoms with E-state index in [1.165, 1.54) is 4.90 Å². The molecule has 33 heavy (non-hydrogen) atoms. The second-order valence-corrected chi connectivity index (χ2v) is 8.16. The van der Waals surface area contributed by atoms with Crippen LogP contribution in [0, 0.1) is 5.82 Å². The SMILES string of the molecule is Nc1cc(-c2ccn[nH]2)nc(CN2C[C@@H]3C[C@@H]2CN3C(=O)c2cccc(C(F)(F)F)c2F)n1. The Balaban J connectivity index is 1.30. The third-order valence-electron chi connectivity index (χ3n) is 6.06. The molecule has 1 aromatic carbocycles. The molecule has 0 aliphatic carbocycles. The summed E-state index contributed by atoms with van der Waals surface area (Å²) < 4.78 is 53.5. The summed E-state index contributed by atoms with van der Waals surface area (Å²) in [6.45, 7) is 1.16. The number of piperazine rings is 1. The Morgan fingerprint density at radius 1 is 1.18 bits per heavy atom. The largest absolute Gasteiger partial charge is 0.419 e. The Bertz CT molecular complexity index is 1200. The minimum absolute atomic E-state index is 0.0338. The van der Waals surface area contributed by atoms with Gasteiger partial charge in [-0.1, -0.05) is 6.07 Å². The molecule has 1 amide bonds. The molecule has 2 fully saturated rings. The van der Waals surface area contributed by atoms with E-state index < -0.39 is 29.0 Å². The van der Waals surface area contributed by atoms with Crippen molar-refractivity contribution in [2.75, 3.05) is 18.8 Å². The molecule has 3 aromatic rings. The summed E-state index contributed by atoms with van der Waals surface area (Å²) in [4.78, 5) is 25.2. The van der Waals surface area contributed by atoms with Crippen LogP contribution < -0.4 is 5.73 Å². The van der Waals surface area contributed by atoms with E-state index in [1.54, 1.807) is 18.3 Å². The molecule has 5 rings (SSSR count). The predicted molar refractivity (Wildman–Crippen MR) is 109 cm³/mol. The van der Waals surface area contributed by atoms with Crippen molar-refractivity contribution in [2.24, 2.45) is 0 Å². The van der Waals surface area contributed by atoms with Gasteiger partial charge in [0, 0.05) is 37.4 Å². The lowest BCUT2D eigenvalue weighted by Crippen LogP contribution is -2.48. The molecule has 0 radical (unpaired) electrons. The number of H-pyrrole nitrogens is 1. The number of nitrogens with two attached hydrogens (primary N) is 1. The molecule has 0 spiro atoms. The quantitative estimate of drug-likeness (QED) is 0.579. The molecule has 2 aliphatic rings. The summed E-state index contributed by atoms with van der Waals surface area (Å²) in [6.07, 6.45) is -2.62. The molecule has 0 unspecified atom stereocenters. The summed E-state index contributed by atoms with van der Waals surface area (Å²) in [5, 5.41) is 6.73. The number of aromatic amines is 1. The van der Waals surface area contributed by atoms with Crippen LogP contribution in [-0.4, -0.2) is 61.0 Å². The molecule has 172 valence electrons. The summed E-state index contributed by atoms with van der Waals surface area (Å²) in [5.41, 5.74) is 5.23. The van der Waals surface area contributed by atoms with Crippen LogP contribution in [0.5, 0.6) is 0 Å². The van der Waals surface area contributed by atoms with Gasteiger partial charge < -0.3 is 10.6 Å². The van der Waals surface area contributed by atoms with Crippen molar-refractivity contribution in [2.45, 2.75) is 31.2 Å². The summed E-state index contributed by atoms with van der Waals surface area (Å²) in [7, 11) is 0. The van der Waals surface area contributed by atoms with Crippen molar-refractivity contribution in [3.63, 3.8) is 0 Å². The second kappa shape index (κ2) is 7.80. The third-order valence-corrected chi connectivity index (χ3v) is 6.06. The Labute approximate surface area is 185 Å². The van der Waals surface area contributed by atoms with Crippen molar-refractivity contribution in [3.05, 3.63) is 59.3 Å². The van der Waals surface area contributed by atoms with Crippen LogP contribution in [0.4, 0.5) is 23.4 Å². The van der Waals surface area contributed by atoms with Crippen LogP contribution in [0.15, 0.2) is 36.5 Å². The first-order chi connectivity index (χ1) is 15.7. The average molecular weight is 461 g/mol. The number of amides is 1. The predicted octanol–water partition coefficient (Wildman–Crippen LogP) is 2.71. The smallest absolute Gasteiger partial charge is 0.384 e. The zero-order chi connectivity index (χ0) is 23.3. The van der Waals surface area contributed by atoms with Crippen LogP contribution in [0.1, 0.15) is 28.2 Å². The van der Waals surface area contributed by atoms with E-state index in [9.17, 15) is 22.4 Å². The maximum atomic E-state index is 14.5. The van der Waals surface area contributed by atoms with Crippen molar-refractivity contribution >= 4 is 11.7 Å². The minimum atomic E-state index is -4.87. The van der Waals surface area contributed by atoms with Crippen molar-refractivity contribution in [3.8, 4) is 11.4 Å². The highest BCUT2D eigenvalue weighted by atomic mass is 19.4. The number of likely N-dealkylation sites (tertiary alicyclic amines) is 2. The zero-order valence-corrected chi connectivity index (χ0v) is 17.2. The summed E-state index contributed by atoms with van der Waals surface area (Å²) in [5.74, 6) is -1.44. The van der Waals surface area contributed by atoms with Crippen LogP contribution in [0.2, 0.25) is 0 Å². The number of nitrogens with one attached hydrogen (secondary N) is 1. The van der Waals surface area contributed by atoms with Gasteiger partial charge in [-0.15, -0.1) is 0 Å². The van der Waals surface area contributed by atoms with Gasteiger partial charge in [-0.05, 0) is 24.6 Å². The molecule has 0 saturated carbocycles. The Kier molecular flexibility index (Phi) is 5.04. The van der Waals surface area contributed by atoms with E-state index in [-0.39, 0.29) is 18.6 Å². The highest BCUT2D eigenvalue weighted by Gasteiger charge is 2.46. The lowest BCUT2D eigenvalue weighted by molar-refractivity contribution is -0.140. The van der Waals surface area contributed by atoms with E-state index in [0.29, 0.717) is 48.6 Å². The van der Waals surface area contributed by atoms with Gasteiger partial charge >= 0.3 is 6.18 Å². The number of anilines is 1. The number of carbonyl (C=O) groups excluding carboxylic acids is 1. The van der Waals surface area contributed by atoms with Gasteiger partial charge in [-0.25, -0.2) is 14.4 Å².